The zero-order chi connectivity index (χ0) is 20.4. The Morgan fingerprint density at radius 2 is 1.70 bits per heavy atom. The lowest BCUT2D eigenvalue weighted by atomic mass is 9.98. The maximum Gasteiger partial charge on any atom is 0.280 e. The van der Waals surface area contributed by atoms with Crippen molar-refractivity contribution in [3.05, 3.63) is 41.5 Å². The van der Waals surface area contributed by atoms with Gasteiger partial charge in [0.05, 0.1) is 19.1 Å². The van der Waals surface area contributed by atoms with E-state index in [9.17, 15) is 13.2 Å². The minimum atomic E-state index is -3.67. The Morgan fingerprint density at radius 3 is 2.22 bits per heavy atom. The molecule has 2 aromatic rings. The number of rotatable bonds is 5. The number of amides is 1. The molecule has 8 nitrogen and oxygen atoms in total. The first kappa shape index (κ1) is 20.2. The van der Waals surface area contributed by atoms with Crippen molar-refractivity contribution in [2.24, 2.45) is 16.5 Å². The van der Waals surface area contributed by atoms with E-state index in [-0.39, 0.29) is 10.5 Å². The molecular weight excluding hydrogens is 370 g/mol. The van der Waals surface area contributed by atoms with E-state index in [1.807, 2.05) is 0 Å². The quantitative estimate of drug-likeness (QED) is 0.582. The molecule has 2 rings (SSSR count). The number of aliphatic imine (C=N–C) groups is 1. The summed E-state index contributed by atoms with van der Waals surface area (Å²) in [6.45, 7) is 1.67. The van der Waals surface area contributed by atoms with Crippen LogP contribution < -0.4 is 20.9 Å². The third-order valence-electron chi connectivity index (χ3n) is 3.89. The maximum atomic E-state index is 12.4. The van der Waals surface area contributed by atoms with Crippen molar-refractivity contribution in [3.63, 3.8) is 0 Å². The molecule has 0 spiro atoms. The fourth-order valence-corrected chi connectivity index (χ4v) is 3.53. The number of methoxy groups -OCH3 is 2. The molecule has 0 unspecified atom stereocenters. The lowest BCUT2D eigenvalue weighted by Gasteiger charge is -2.16. The molecule has 0 radical (unpaired) electrons. The second kappa shape index (κ2) is 7.67. The molecule has 0 fully saturated rings. The summed E-state index contributed by atoms with van der Waals surface area (Å²) in [5.41, 5.74) is 12.1. The molecule has 0 atom stereocenters. The van der Waals surface area contributed by atoms with Crippen LogP contribution in [0.2, 0.25) is 0 Å². The van der Waals surface area contributed by atoms with E-state index >= 15 is 0 Å². The first-order chi connectivity index (χ1) is 12.6. The molecule has 4 N–H and O–H groups in total. The van der Waals surface area contributed by atoms with Crippen molar-refractivity contribution in [2.75, 3.05) is 20.5 Å². The highest BCUT2D eigenvalue weighted by molar-refractivity contribution is 7.90. The lowest BCUT2D eigenvalue weighted by Crippen LogP contribution is -2.24. The highest BCUT2D eigenvalue weighted by Crippen LogP contribution is 2.38. The van der Waals surface area contributed by atoms with Crippen LogP contribution in [0, 0.1) is 6.92 Å². The van der Waals surface area contributed by atoms with Gasteiger partial charge in [-0.25, -0.2) is 8.42 Å². The Bertz CT molecular complexity index is 1030. The zero-order valence-corrected chi connectivity index (χ0v) is 16.3. The van der Waals surface area contributed by atoms with Gasteiger partial charge in [-0.3, -0.25) is 4.79 Å². The summed E-state index contributed by atoms with van der Waals surface area (Å²) in [7, 11) is -0.681. The molecule has 0 aliphatic rings. The van der Waals surface area contributed by atoms with Gasteiger partial charge in [0.2, 0.25) is 0 Å². The maximum absolute atomic E-state index is 12.4. The van der Waals surface area contributed by atoms with Crippen molar-refractivity contribution >= 4 is 21.7 Å². The number of sulfone groups is 1. The van der Waals surface area contributed by atoms with Crippen molar-refractivity contribution < 1.29 is 22.7 Å². The number of carbonyl (C=O) groups is 1. The molecule has 27 heavy (non-hydrogen) atoms. The molecule has 0 bridgehead atoms. The summed E-state index contributed by atoms with van der Waals surface area (Å²) in [5, 5.41) is 0. The molecule has 0 aliphatic carbocycles. The lowest BCUT2D eigenvalue weighted by molar-refractivity contribution is 0.100. The summed E-state index contributed by atoms with van der Waals surface area (Å²) in [6.07, 6.45) is 1.06. The predicted octanol–water partition coefficient (Wildman–Crippen LogP) is 1.50. The summed E-state index contributed by atoms with van der Waals surface area (Å²) in [5.74, 6) is -0.124. The smallest absolute Gasteiger partial charge is 0.280 e. The number of ether oxygens (including phenoxy) is 2. The van der Waals surface area contributed by atoms with Crippen LogP contribution in [0.3, 0.4) is 0 Å². The fraction of sp³-hybridized carbons (Fsp3) is 0.222. The van der Waals surface area contributed by atoms with Crippen LogP contribution in [-0.2, 0) is 9.84 Å². The van der Waals surface area contributed by atoms with Gasteiger partial charge in [-0.1, -0.05) is 0 Å². The number of carbonyl (C=O) groups excluding carboxylic acids is 1. The average molecular weight is 391 g/mol. The fourth-order valence-electron chi connectivity index (χ4n) is 2.63. The SMILES string of the molecule is COc1ccc(-c2cc(C)c(C(=O)N=C(N)N)cc2S(C)(=O)=O)c(OC)c1. The van der Waals surface area contributed by atoms with Gasteiger partial charge in [-0.15, -0.1) is 0 Å². The standard InChI is InChI=1S/C18H21N3O5S/c1-10-7-14(12-6-5-11(25-2)8-15(12)26-3)16(27(4,23)24)9-13(10)17(22)21-18(19)20/h5-9H,1-4H3,(H4,19,20,21,22). The minimum Gasteiger partial charge on any atom is -0.497 e. The number of nitrogens with zero attached hydrogens (tertiary/aromatic N) is 1. The molecule has 1 amide bonds. The van der Waals surface area contributed by atoms with Gasteiger partial charge in [0, 0.05) is 29.0 Å². The van der Waals surface area contributed by atoms with Crippen LogP contribution in [0.25, 0.3) is 11.1 Å². The molecule has 144 valence electrons. The van der Waals surface area contributed by atoms with Crippen LogP contribution in [-0.4, -0.2) is 40.8 Å². The number of aryl methyl sites for hydroxylation is 1. The second-order valence-electron chi connectivity index (χ2n) is 5.84. The Hall–Kier alpha value is -3.07. The van der Waals surface area contributed by atoms with E-state index < -0.39 is 21.7 Å². The highest BCUT2D eigenvalue weighted by Gasteiger charge is 2.22. The van der Waals surface area contributed by atoms with E-state index in [2.05, 4.69) is 4.99 Å². The van der Waals surface area contributed by atoms with E-state index in [4.69, 9.17) is 20.9 Å². The molecule has 0 aromatic heterocycles. The van der Waals surface area contributed by atoms with Gasteiger partial charge in [0.1, 0.15) is 11.5 Å². The van der Waals surface area contributed by atoms with E-state index in [0.717, 1.165) is 6.26 Å². The molecule has 0 aliphatic heterocycles. The third kappa shape index (κ3) is 4.37. The van der Waals surface area contributed by atoms with Gasteiger partial charge >= 0.3 is 0 Å². The summed E-state index contributed by atoms with van der Waals surface area (Å²) >= 11 is 0. The van der Waals surface area contributed by atoms with E-state index in [0.29, 0.717) is 28.2 Å². The number of benzene rings is 2. The van der Waals surface area contributed by atoms with Crippen LogP contribution in [0.15, 0.2) is 40.2 Å². The Morgan fingerprint density at radius 1 is 1.04 bits per heavy atom. The minimum absolute atomic E-state index is 0.0364. The average Bonchev–Trinajstić information content (AvgIpc) is 2.59. The molecule has 0 heterocycles. The number of nitrogens with two attached hydrogens (primary N) is 2. The molecule has 0 saturated heterocycles. The summed E-state index contributed by atoms with van der Waals surface area (Å²) in [4.78, 5) is 15.7. The monoisotopic (exact) mass is 391 g/mol. The van der Waals surface area contributed by atoms with Crippen molar-refractivity contribution in [1.82, 2.24) is 0 Å². The Balaban J connectivity index is 2.80. The summed E-state index contributed by atoms with van der Waals surface area (Å²) in [6, 6.07) is 7.90. The largest absolute Gasteiger partial charge is 0.497 e. The molecule has 0 saturated carbocycles. The first-order valence-electron chi connectivity index (χ1n) is 7.79. The third-order valence-corrected chi connectivity index (χ3v) is 5.02. The van der Waals surface area contributed by atoms with Gasteiger partial charge in [0.15, 0.2) is 15.8 Å². The van der Waals surface area contributed by atoms with Crippen LogP contribution in [0.5, 0.6) is 11.5 Å². The molecule has 2 aromatic carbocycles. The van der Waals surface area contributed by atoms with Gasteiger partial charge in [-0.05, 0) is 36.8 Å². The van der Waals surface area contributed by atoms with Gasteiger partial charge in [0.25, 0.3) is 5.91 Å². The first-order valence-corrected chi connectivity index (χ1v) is 9.68. The number of hydrogen-bond acceptors (Lipinski definition) is 5. The van der Waals surface area contributed by atoms with Gasteiger partial charge < -0.3 is 20.9 Å². The zero-order valence-electron chi connectivity index (χ0n) is 15.4. The van der Waals surface area contributed by atoms with Crippen molar-refractivity contribution in [1.29, 1.82) is 0 Å². The van der Waals surface area contributed by atoms with Crippen LogP contribution >= 0.6 is 0 Å². The van der Waals surface area contributed by atoms with Crippen LogP contribution in [0.1, 0.15) is 15.9 Å². The van der Waals surface area contributed by atoms with Crippen molar-refractivity contribution in [3.8, 4) is 22.6 Å². The molecular formula is C18H21N3O5S. The Kier molecular flexibility index (Phi) is 5.75. The highest BCUT2D eigenvalue weighted by atomic mass is 32.2. The summed E-state index contributed by atoms with van der Waals surface area (Å²) < 4.78 is 35.4. The van der Waals surface area contributed by atoms with Crippen molar-refractivity contribution in [2.45, 2.75) is 11.8 Å². The van der Waals surface area contributed by atoms with Gasteiger partial charge in [-0.2, -0.15) is 4.99 Å². The molecule has 9 heteroatoms. The Labute approximate surface area is 157 Å². The second-order valence-corrected chi connectivity index (χ2v) is 7.83. The number of hydrogen-bond donors (Lipinski definition) is 2. The van der Waals surface area contributed by atoms with E-state index in [1.54, 1.807) is 31.2 Å². The number of guanidine groups is 1. The van der Waals surface area contributed by atoms with Crippen LogP contribution in [0.4, 0.5) is 0 Å². The van der Waals surface area contributed by atoms with E-state index in [1.165, 1.54) is 20.3 Å². The predicted molar refractivity (Wildman–Crippen MR) is 103 cm³/mol. The topological polar surface area (TPSA) is 134 Å². The normalized spacial score (nSPS) is 11.0.